The van der Waals surface area contributed by atoms with Crippen molar-refractivity contribution in [1.29, 1.82) is 0 Å². The van der Waals surface area contributed by atoms with E-state index in [1.165, 1.54) is 23.3 Å². The summed E-state index contributed by atoms with van der Waals surface area (Å²) in [5.41, 5.74) is 3.17. The number of methoxy groups -OCH3 is 1. The molecule has 0 aliphatic heterocycles. The summed E-state index contributed by atoms with van der Waals surface area (Å²) in [5.74, 6) is -0.414. The van der Waals surface area contributed by atoms with Gasteiger partial charge in [0.15, 0.2) is 10.8 Å². The summed E-state index contributed by atoms with van der Waals surface area (Å²) >= 11 is 2.98. The Kier molecular flexibility index (Phi) is 3.70. The monoisotopic (exact) mass is 269 g/mol. The highest BCUT2D eigenvalue weighted by Gasteiger charge is 2.10. The number of aromatic nitrogens is 2. The lowest BCUT2D eigenvalue weighted by molar-refractivity contribution is 0.0595. The first kappa shape index (κ1) is 12.0. The summed E-state index contributed by atoms with van der Waals surface area (Å²) < 4.78 is 4.59. The van der Waals surface area contributed by atoms with Crippen LogP contribution in [0, 0.1) is 6.92 Å². The molecule has 0 aliphatic rings. The molecule has 0 amide bonds. The average molecular weight is 269 g/mol. The number of ether oxygens (including phenoxy) is 1. The van der Waals surface area contributed by atoms with Gasteiger partial charge < -0.3 is 10.1 Å². The van der Waals surface area contributed by atoms with Gasteiger partial charge in [-0.15, -0.1) is 22.7 Å². The van der Waals surface area contributed by atoms with Crippen molar-refractivity contribution >= 4 is 33.8 Å². The predicted octanol–water partition coefficient (Wildman–Crippen LogP) is 2.31. The number of hydrogen-bond acceptors (Lipinski definition) is 7. The van der Waals surface area contributed by atoms with Crippen LogP contribution < -0.4 is 5.32 Å². The second-order valence-corrected chi connectivity index (χ2v) is 5.04. The summed E-state index contributed by atoms with van der Waals surface area (Å²) in [6.07, 6.45) is 0. The predicted molar refractivity (Wildman–Crippen MR) is 67.6 cm³/mol. The molecule has 2 heterocycles. The maximum absolute atomic E-state index is 11.2. The minimum absolute atomic E-state index is 0.334. The first-order valence-electron chi connectivity index (χ1n) is 4.87. The zero-order valence-corrected chi connectivity index (χ0v) is 11.0. The number of hydrogen-bond donors (Lipinski definition) is 1. The van der Waals surface area contributed by atoms with Crippen molar-refractivity contribution in [2.75, 3.05) is 12.4 Å². The molecule has 2 rings (SSSR count). The van der Waals surface area contributed by atoms with Gasteiger partial charge in [0.1, 0.15) is 0 Å². The minimum Gasteiger partial charge on any atom is -0.464 e. The Morgan fingerprint density at radius 3 is 3.00 bits per heavy atom. The molecule has 0 aromatic carbocycles. The second-order valence-electron chi connectivity index (χ2n) is 3.24. The summed E-state index contributed by atoms with van der Waals surface area (Å²) in [6, 6.07) is 0. The standard InChI is InChI=1S/C10H11N3O2S2/c1-6-8(17-5-12-6)3-11-10-13-7(4-16-10)9(14)15-2/h4-5H,3H2,1-2H3,(H,11,13). The number of thiazole rings is 2. The molecule has 7 heteroatoms. The van der Waals surface area contributed by atoms with Gasteiger partial charge in [-0.05, 0) is 6.92 Å². The molecular formula is C10H11N3O2S2. The van der Waals surface area contributed by atoms with Crippen molar-refractivity contribution in [2.24, 2.45) is 0 Å². The van der Waals surface area contributed by atoms with Crippen LogP contribution in [0.15, 0.2) is 10.9 Å². The molecule has 17 heavy (non-hydrogen) atoms. The van der Waals surface area contributed by atoms with E-state index < -0.39 is 5.97 Å². The first-order chi connectivity index (χ1) is 8.20. The molecule has 0 aliphatic carbocycles. The zero-order chi connectivity index (χ0) is 12.3. The molecule has 2 aromatic heterocycles. The van der Waals surface area contributed by atoms with Crippen LogP contribution in [-0.4, -0.2) is 23.0 Å². The molecule has 0 radical (unpaired) electrons. The van der Waals surface area contributed by atoms with Gasteiger partial charge in [-0.3, -0.25) is 0 Å². The average Bonchev–Trinajstić information content (AvgIpc) is 2.94. The number of nitrogens with zero attached hydrogens (tertiary/aromatic N) is 2. The maximum Gasteiger partial charge on any atom is 0.357 e. The van der Waals surface area contributed by atoms with E-state index in [2.05, 4.69) is 20.0 Å². The molecule has 0 saturated carbocycles. The van der Waals surface area contributed by atoms with Gasteiger partial charge in [0.25, 0.3) is 0 Å². The fourth-order valence-electron chi connectivity index (χ4n) is 1.21. The highest BCUT2D eigenvalue weighted by atomic mass is 32.1. The highest BCUT2D eigenvalue weighted by molar-refractivity contribution is 7.14. The molecule has 0 unspecified atom stereocenters. The number of carbonyl (C=O) groups excluding carboxylic acids is 1. The van der Waals surface area contributed by atoms with Gasteiger partial charge in [0.2, 0.25) is 0 Å². The smallest absolute Gasteiger partial charge is 0.357 e. The Morgan fingerprint density at radius 2 is 2.35 bits per heavy atom. The number of aryl methyl sites for hydroxylation is 1. The molecule has 5 nitrogen and oxygen atoms in total. The molecule has 0 saturated heterocycles. The number of carbonyl (C=O) groups is 1. The number of rotatable bonds is 4. The van der Waals surface area contributed by atoms with Crippen LogP contribution in [0.4, 0.5) is 5.13 Å². The number of nitrogens with one attached hydrogen (secondary N) is 1. The topological polar surface area (TPSA) is 64.1 Å². The lowest BCUT2D eigenvalue weighted by atomic mass is 10.4. The molecule has 0 spiro atoms. The van der Waals surface area contributed by atoms with Gasteiger partial charge in [0, 0.05) is 10.3 Å². The third-order valence-electron chi connectivity index (χ3n) is 2.14. The summed E-state index contributed by atoms with van der Waals surface area (Å²) in [7, 11) is 1.34. The van der Waals surface area contributed by atoms with E-state index in [-0.39, 0.29) is 0 Å². The van der Waals surface area contributed by atoms with Gasteiger partial charge in [-0.2, -0.15) is 0 Å². The third-order valence-corrected chi connectivity index (χ3v) is 3.88. The van der Waals surface area contributed by atoms with E-state index in [1.54, 1.807) is 16.7 Å². The summed E-state index contributed by atoms with van der Waals surface area (Å²) in [6.45, 7) is 2.64. The van der Waals surface area contributed by atoms with Gasteiger partial charge in [-0.25, -0.2) is 14.8 Å². The van der Waals surface area contributed by atoms with Crippen molar-refractivity contribution in [3.8, 4) is 0 Å². The fourth-order valence-corrected chi connectivity index (χ4v) is 2.60. The van der Waals surface area contributed by atoms with E-state index >= 15 is 0 Å². The van der Waals surface area contributed by atoms with Crippen molar-refractivity contribution in [3.63, 3.8) is 0 Å². The largest absolute Gasteiger partial charge is 0.464 e. The Balaban J connectivity index is 1.98. The van der Waals surface area contributed by atoms with E-state index in [9.17, 15) is 4.79 Å². The van der Waals surface area contributed by atoms with Crippen molar-refractivity contribution in [1.82, 2.24) is 9.97 Å². The van der Waals surface area contributed by atoms with Crippen LogP contribution in [0.25, 0.3) is 0 Å². The zero-order valence-electron chi connectivity index (χ0n) is 9.39. The second kappa shape index (κ2) is 5.24. The molecule has 1 N–H and O–H groups in total. The Bertz CT molecular complexity index is 521. The van der Waals surface area contributed by atoms with Crippen molar-refractivity contribution in [3.05, 3.63) is 27.2 Å². The van der Waals surface area contributed by atoms with Crippen LogP contribution in [-0.2, 0) is 11.3 Å². The summed E-state index contributed by atoms with van der Waals surface area (Å²) in [5, 5.41) is 5.54. The maximum atomic E-state index is 11.2. The van der Waals surface area contributed by atoms with Crippen LogP contribution >= 0.6 is 22.7 Å². The lowest BCUT2D eigenvalue weighted by Crippen LogP contribution is -2.03. The van der Waals surface area contributed by atoms with Crippen LogP contribution in [0.2, 0.25) is 0 Å². The fraction of sp³-hybridized carbons (Fsp3) is 0.300. The van der Waals surface area contributed by atoms with Crippen molar-refractivity contribution < 1.29 is 9.53 Å². The van der Waals surface area contributed by atoms with E-state index in [1.807, 2.05) is 12.4 Å². The van der Waals surface area contributed by atoms with E-state index in [0.29, 0.717) is 17.4 Å². The van der Waals surface area contributed by atoms with Crippen LogP contribution in [0.5, 0.6) is 0 Å². The first-order valence-corrected chi connectivity index (χ1v) is 6.63. The molecule has 0 fully saturated rings. The Morgan fingerprint density at radius 1 is 1.53 bits per heavy atom. The molecule has 0 bridgehead atoms. The van der Waals surface area contributed by atoms with Gasteiger partial charge in [0.05, 0.1) is 24.9 Å². The molecular weight excluding hydrogens is 258 g/mol. The highest BCUT2D eigenvalue weighted by Crippen LogP contribution is 2.19. The van der Waals surface area contributed by atoms with Crippen LogP contribution in [0.1, 0.15) is 21.1 Å². The Labute approximate surface area is 106 Å². The third kappa shape index (κ3) is 2.80. The van der Waals surface area contributed by atoms with Gasteiger partial charge >= 0.3 is 5.97 Å². The molecule has 90 valence electrons. The molecule has 0 atom stereocenters. The van der Waals surface area contributed by atoms with Crippen molar-refractivity contribution in [2.45, 2.75) is 13.5 Å². The van der Waals surface area contributed by atoms with E-state index in [4.69, 9.17) is 0 Å². The molecule has 2 aromatic rings. The SMILES string of the molecule is COC(=O)c1csc(NCc2scnc2C)n1. The van der Waals surface area contributed by atoms with Gasteiger partial charge in [-0.1, -0.05) is 0 Å². The lowest BCUT2D eigenvalue weighted by Gasteiger charge is -2.00. The number of esters is 1. The normalized spacial score (nSPS) is 10.2. The van der Waals surface area contributed by atoms with E-state index in [0.717, 1.165) is 5.69 Å². The summed E-state index contributed by atoms with van der Waals surface area (Å²) in [4.78, 5) is 20.7. The van der Waals surface area contributed by atoms with Crippen LogP contribution in [0.3, 0.4) is 0 Å². The minimum atomic E-state index is -0.414. The Hall–Kier alpha value is -1.47. The number of anilines is 1. The quantitative estimate of drug-likeness (QED) is 0.863.